The van der Waals surface area contributed by atoms with Gasteiger partial charge >= 0.3 is 12.2 Å². The average molecular weight is 417 g/mol. The van der Waals surface area contributed by atoms with E-state index in [0.29, 0.717) is 17.2 Å². The Bertz CT molecular complexity index is 995. The minimum absolute atomic E-state index is 0.0148. The van der Waals surface area contributed by atoms with Crippen LogP contribution in [0.1, 0.15) is 49.4 Å². The number of allylic oxidation sites excluding steroid dienone is 1. The summed E-state index contributed by atoms with van der Waals surface area (Å²) in [4.78, 5) is 25.0. The van der Waals surface area contributed by atoms with Gasteiger partial charge in [0.25, 0.3) is 5.91 Å². The molecule has 3 N–H and O–H groups in total. The number of anilines is 1. The summed E-state index contributed by atoms with van der Waals surface area (Å²) in [7, 11) is 0. The number of carbonyl (C=O) groups is 2. The highest BCUT2D eigenvalue weighted by Crippen LogP contribution is 2.32. The molecular formula is C22H22F3N3O2. The fraction of sp³-hybridized carbons (Fsp3) is 0.273. The number of hydrogen-bond donors (Lipinski definition) is 3. The average Bonchev–Trinajstić information content (AvgIpc) is 2.67. The quantitative estimate of drug-likeness (QED) is 0.648. The van der Waals surface area contributed by atoms with Crippen LogP contribution in [-0.2, 0) is 11.0 Å². The van der Waals surface area contributed by atoms with E-state index in [9.17, 15) is 22.8 Å². The number of alkyl halides is 3. The Morgan fingerprint density at radius 3 is 2.37 bits per heavy atom. The highest BCUT2D eigenvalue weighted by atomic mass is 19.4. The second kappa shape index (κ2) is 8.22. The highest BCUT2D eigenvalue weighted by Gasteiger charge is 2.33. The van der Waals surface area contributed by atoms with Gasteiger partial charge in [0.1, 0.15) is 0 Å². The van der Waals surface area contributed by atoms with Crippen LogP contribution in [0.5, 0.6) is 0 Å². The summed E-state index contributed by atoms with van der Waals surface area (Å²) in [5.41, 5.74) is 1.52. The number of amides is 3. The van der Waals surface area contributed by atoms with Gasteiger partial charge in [0, 0.05) is 11.4 Å². The first kappa shape index (κ1) is 21.4. The van der Waals surface area contributed by atoms with Gasteiger partial charge in [-0.1, -0.05) is 44.2 Å². The van der Waals surface area contributed by atoms with Gasteiger partial charge < -0.3 is 16.0 Å². The Kier molecular flexibility index (Phi) is 5.87. The van der Waals surface area contributed by atoms with Crippen LogP contribution in [0.25, 0.3) is 0 Å². The van der Waals surface area contributed by atoms with Gasteiger partial charge in [0.2, 0.25) is 0 Å². The molecular weight excluding hydrogens is 395 g/mol. The SMILES string of the molecule is CC1=C(C(=O)Nc2cccc(C(F)(F)F)c2)[C@H](c2ccc(C(C)C)cc2)NC(=O)N1. The standard InChI is InChI=1S/C22H22F3N3O2/c1-12(2)14-7-9-15(10-8-14)19-18(13(3)26-21(30)28-19)20(29)27-17-6-4-5-16(11-17)22(23,24)25/h4-12,19H,1-3H3,(H,27,29)(H2,26,28,30)/t19-/m0/s1. The maximum absolute atomic E-state index is 13.0. The summed E-state index contributed by atoms with van der Waals surface area (Å²) in [6, 6.07) is 10.7. The van der Waals surface area contributed by atoms with Crippen LogP contribution < -0.4 is 16.0 Å². The molecule has 0 bridgehead atoms. The maximum Gasteiger partial charge on any atom is 0.416 e. The molecule has 1 atom stereocenters. The molecule has 0 radical (unpaired) electrons. The summed E-state index contributed by atoms with van der Waals surface area (Å²) in [5.74, 6) is -0.278. The third-order valence-corrected chi connectivity index (χ3v) is 4.90. The summed E-state index contributed by atoms with van der Waals surface area (Å²) >= 11 is 0. The van der Waals surface area contributed by atoms with E-state index in [1.807, 2.05) is 24.3 Å². The molecule has 0 saturated carbocycles. The lowest BCUT2D eigenvalue weighted by Crippen LogP contribution is -2.46. The number of halogens is 3. The topological polar surface area (TPSA) is 70.2 Å². The molecule has 1 aliphatic rings. The van der Waals surface area contributed by atoms with E-state index in [0.717, 1.165) is 17.7 Å². The molecule has 0 unspecified atom stereocenters. The van der Waals surface area contributed by atoms with E-state index in [1.54, 1.807) is 6.92 Å². The molecule has 3 amide bonds. The molecule has 0 aliphatic carbocycles. The predicted molar refractivity (Wildman–Crippen MR) is 108 cm³/mol. The van der Waals surface area contributed by atoms with Crippen molar-refractivity contribution in [3.05, 3.63) is 76.5 Å². The van der Waals surface area contributed by atoms with Crippen molar-refractivity contribution >= 4 is 17.6 Å². The van der Waals surface area contributed by atoms with Crippen LogP contribution >= 0.6 is 0 Å². The normalized spacial score (nSPS) is 16.9. The third kappa shape index (κ3) is 4.64. The molecule has 8 heteroatoms. The van der Waals surface area contributed by atoms with Crippen molar-refractivity contribution in [1.29, 1.82) is 0 Å². The molecule has 1 heterocycles. The minimum atomic E-state index is -4.52. The molecule has 3 rings (SSSR count). The van der Waals surface area contributed by atoms with Crippen molar-refractivity contribution in [1.82, 2.24) is 10.6 Å². The fourth-order valence-corrected chi connectivity index (χ4v) is 3.29. The molecule has 0 spiro atoms. The van der Waals surface area contributed by atoms with Crippen molar-refractivity contribution in [2.75, 3.05) is 5.32 Å². The van der Waals surface area contributed by atoms with Crippen LogP contribution in [0.2, 0.25) is 0 Å². The van der Waals surface area contributed by atoms with E-state index < -0.39 is 29.7 Å². The number of hydrogen-bond acceptors (Lipinski definition) is 2. The van der Waals surface area contributed by atoms with Crippen LogP contribution in [-0.4, -0.2) is 11.9 Å². The van der Waals surface area contributed by atoms with E-state index in [2.05, 4.69) is 29.8 Å². The van der Waals surface area contributed by atoms with Crippen LogP contribution in [0.15, 0.2) is 59.8 Å². The maximum atomic E-state index is 13.0. The molecule has 158 valence electrons. The Balaban J connectivity index is 1.91. The van der Waals surface area contributed by atoms with Crippen molar-refractivity contribution in [2.45, 2.75) is 38.9 Å². The van der Waals surface area contributed by atoms with Crippen molar-refractivity contribution in [3.63, 3.8) is 0 Å². The second-order valence-corrected chi connectivity index (χ2v) is 7.42. The third-order valence-electron chi connectivity index (χ3n) is 4.90. The van der Waals surface area contributed by atoms with E-state index in [-0.39, 0.29) is 11.3 Å². The summed E-state index contributed by atoms with van der Waals surface area (Å²) in [6.45, 7) is 5.69. The van der Waals surface area contributed by atoms with Gasteiger partial charge in [-0.15, -0.1) is 0 Å². The number of nitrogens with one attached hydrogen (secondary N) is 3. The lowest BCUT2D eigenvalue weighted by molar-refractivity contribution is -0.137. The molecule has 1 aliphatic heterocycles. The van der Waals surface area contributed by atoms with Gasteiger partial charge in [-0.05, 0) is 42.2 Å². The fourth-order valence-electron chi connectivity index (χ4n) is 3.29. The largest absolute Gasteiger partial charge is 0.416 e. The summed E-state index contributed by atoms with van der Waals surface area (Å²) in [5, 5.41) is 7.78. The molecule has 2 aromatic carbocycles. The molecule has 5 nitrogen and oxygen atoms in total. The van der Waals surface area contributed by atoms with E-state index in [1.165, 1.54) is 12.1 Å². The summed E-state index contributed by atoms with van der Waals surface area (Å²) < 4.78 is 38.9. The number of benzene rings is 2. The van der Waals surface area contributed by atoms with Crippen LogP contribution in [0, 0.1) is 0 Å². The van der Waals surface area contributed by atoms with E-state index >= 15 is 0 Å². The van der Waals surface area contributed by atoms with Gasteiger partial charge in [0.05, 0.1) is 17.2 Å². The van der Waals surface area contributed by atoms with Crippen LogP contribution in [0.3, 0.4) is 0 Å². The van der Waals surface area contributed by atoms with Crippen molar-refractivity contribution in [3.8, 4) is 0 Å². The molecule has 2 aromatic rings. The first-order valence-corrected chi connectivity index (χ1v) is 9.43. The highest BCUT2D eigenvalue weighted by molar-refractivity contribution is 6.06. The number of carbonyl (C=O) groups excluding carboxylic acids is 2. The Hall–Kier alpha value is -3.29. The van der Waals surface area contributed by atoms with E-state index in [4.69, 9.17) is 0 Å². The van der Waals surface area contributed by atoms with Crippen molar-refractivity contribution in [2.24, 2.45) is 0 Å². The zero-order valence-corrected chi connectivity index (χ0v) is 16.7. The Morgan fingerprint density at radius 1 is 1.10 bits per heavy atom. The second-order valence-electron chi connectivity index (χ2n) is 7.42. The number of rotatable bonds is 4. The van der Waals surface area contributed by atoms with Crippen molar-refractivity contribution < 1.29 is 22.8 Å². The minimum Gasteiger partial charge on any atom is -0.327 e. The zero-order valence-electron chi connectivity index (χ0n) is 16.7. The van der Waals surface area contributed by atoms with Gasteiger partial charge in [-0.3, -0.25) is 4.79 Å². The lowest BCUT2D eigenvalue weighted by Gasteiger charge is -2.29. The Labute approximate surface area is 172 Å². The molecule has 0 fully saturated rings. The smallest absolute Gasteiger partial charge is 0.327 e. The predicted octanol–water partition coefficient (Wildman–Crippen LogP) is 5.10. The summed E-state index contributed by atoms with van der Waals surface area (Å²) in [6.07, 6.45) is -4.52. The lowest BCUT2D eigenvalue weighted by atomic mass is 9.92. The first-order chi connectivity index (χ1) is 14.1. The van der Waals surface area contributed by atoms with Gasteiger partial charge in [0.15, 0.2) is 0 Å². The molecule has 0 saturated heterocycles. The molecule has 0 aromatic heterocycles. The van der Waals surface area contributed by atoms with Gasteiger partial charge in [-0.2, -0.15) is 13.2 Å². The van der Waals surface area contributed by atoms with Crippen LogP contribution in [0.4, 0.5) is 23.7 Å². The Morgan fingerprint density at radius 2 is 1.77 bits per heavy atom. The molecule has 30 heavy (non-hydrogen) atoms. The monoisotopic (exact) mass is 417 g/mol. The van der Waals surface area contributed by atoms with Gasteiger partial charge in [-0.25, -0.2) is 4.79 Å². The zero-order chi connectivity index (χ0) is 22.1. The number of urea groups is 1. The first-order valence-electron chi connectivity index (χ1n) is 9.43.